The molecule has 0 amide bonds. The van der Waals surface area contributed by atoms with Crippen LogP contribution in [0.15, 0.2) is 0 Å². The molecule has 0 aromatic heterocycles. The van der Waals surface area contributed by atoms with E-state index in [9.17, 15) is 0 Å². The molecule has 35 heavy (non-hydrogen) atoms. The van der Waals surface area contributed by atoms with Gasteiger partial charge in [-0.25, -0.2) is 0 Å². The van der Waals surface area contributed by atoms with Crippen LogP contribution in [0.5, 0.6) is 0 Å². The quantitative estimate of drug-likeness (QED) is 0.0840. The van der Waals surface area contributed by atoms with Crippen LogP contribution >= 0.6 is 0 Å². The topological polar surface area (TPSA) is 55.4 Å². The molecule has 0 aromatic rings. The highest BCUT2D eigenvalue weighted by molar-refractivity contribution is 6.44. The monoisotopic (exact) mass is 562 g/mol. The Morgan fingerprint density at radius 3 is 0.857 bits per heavy atom. The van der Waals surface area contributed by atoms with Crippen molar-refractivity contribution in [3.8, 4) is 0 Å². The van der Waals surface area contributed by atoms with Crippen molar-refractivity contribution in [3.63, 3.8) is 0 Å². The first-order valence-corrected chi connectivity index (χ1v) is 18.6. The second kappa shape index (κ2) is 24.9. The summed E-state index contributed by atoms with van der Waals surface area (Å²) in [6.07, 6.45) is 19.1. The van der Waals surface area contributed by atoms with Crippen LogP contribution in [-0.2, 0) is 26.6 Å². The molecule has 6 nitrogen and oxygen atoms in total. The minimum atomic E-state index is -1.03. The Balaban J connectivity index is 4.31. The van der Waals surface area contributed by atoms with Gasteiger partial charge in [0, 0.05) is 52.9 Å². The number of hydrogen-bond donors (Lipinski definition) is 0. The highest BCUT2D eigenvalue weighted by Gasteiger charge is 2.23. The van der Waals surface area contributed by atoms with E-state index in [1.54, 1.807) is 42.7 Å². The summed E-state index contributed by atoms with van der Waals surface area (Å²) in [6.45, 7) is 0. The molecule has 206 valence electrons. The van der Waals surface area contributed by atoms with Gasteiger partial charge in [0.15, 0.2) is 0 Å². The molecule has 0 saturated carbocycles. The molecule has 0 rings (SSSR count). The Kier molecular flexibility index (Phi) is 25.4. The van der Waals surface area contributed by atoms with Gasteiger partial charge in [-0.15, -0.1) is 0 Å². The Labute approximate surface area is 226 Å². The van der Waals surface area contributed by atoms with Gasteiger partial charge >= 0.3 is 27.9 Å². The van der Waals surface area contributed by atoms with E-state index in [4.69, 9.17) is 26.6 Å². The van der Waals surface area contributed by atoms with Crippen molar-refractivity contribution in [2.75, 3.05) is 42.7 Å². The number of rotatable bonds is 27. The average molecular weight is 563 g/mol. The molecule has 6 radical (unpaired) electrons. The highest BCUT2D eigenvalue weighted by atomic mass is 28.3. The van der Waals surface area contributed by atoms with Gasteiger partial charge in [-0.3, -0.25) is 0 Å². The Bertz CT molecular complexity index is 378. The molecule has 0 spiro atoms. The van der Waals surface area contributed by atoms with Gasteiger partial charge in [0.25, 0.3) is 0 Å². The fraction of sp³-hybridized carbons (Fsp3) is 1.00. The fourth-order valence-electron chi connectivity index (χ4n) is 4.50. The van der Waals surface area contributed by atoms with Crippen LogP contribution in [0, 0.1) is 0 Å². The van der Waals surface area contributed by atoms with Crippen LogP contribution in [0.3, 0.4) is 0 Å². The van der Waals surface area contributed by atoms with E-state index in [0.717, 1.165) is 18.1 Å². The Morgan fingerprint density at radius 2 is 0.629 bits per heavy atom. The predicted molar refractivity (Wildman–Crippen MR) is 151 cm³/mol. The molecule has 10 heteroatoms. The van der Waals surface area contributed by atoms with Gasteiger partial charge in [0.1, 0.15) is 0 Å². The molecule has 0 aromatic carbocycles. The summed E-state index contributed by atoms with van der Waals surface area (Å²) in [4.78, 5) is 0. The smallest absolute Gasteiger partial charge is 0.384 e. The number of hydrogen-bond acceptors (Lipinski definition) is 6. The lowest BCUT2D eigenvalue weighted by Gasteiger charge is -2.30. The van der Waals surface area contributed by atoms with E-state index < -0.39 is 27.9 Å². The minimum absolute atomic E-state index is 0.288. The van der Waals surface area contributed by atoms with Crippen LogP contribution in [0.25, 0.3) is 0 Å². The van der Waals surface area contributed by atoms with E-state index in [0.29, 0.717) is 0 Å². The maximum Gasteiger partial charge on any atom is 0.384 e. The van der Waals surface area contributed by atoms with Crippen LogP contribution in [0.4, 0.5) is 0 Å². The summed E-state index contributed by atoms with van der Waals surface area (Å²) < 4.78 is 32.4. The lowest BCUT2D eigenvalue weighted by molar-refractivity contribution is 0.276. The molecule has 0 N–H and O–H groups in total. The normalized spacial score (nSPS) is 12.5. The summed E-state index contributed by atoms with van der Waals surface area (Å²) in [5, 5.41) is 0.288. The van der Waals surface area contributed by atoms with E-state index in [1.807, 2.05) is 0 Å². The summed E-state index contributed by atoms with van der Waals surface area (Å²) in [7, 11) is 11.8. The molecular formula is C25H54O6Si4. The van der Waals surface area contributed by atoms with Crippen molar-refractivity contribution in [2.24, 2.45) is 0 Å². The predicted octanol–water partition coefficient (Wildman–Crippen LogP) is 6.51. The first kappa shape index (κ1) is 35.6. The third-order valence-corrected chi connectivity index (χ3v) is 12.5. The van der Waals surface area contributed by atoms with Crippen molar-refractivity contribution < 1.29 is 26.6 Å². The van der Waals surface area contributed by atoms with Gasteiger partial charge in [-0.2, -0.15) is 0 Å². The van der Waals surface area contributed by atoms with Crippen molar-refractivity contribution in [1.82, 2.24) is 0 Å². The molecule has 0 saturated heterocycles. The molecule has 0 aliphatic heterocycles. The molecule has 0 heterocycles. The minimum Gasteiger partial charge on any atom is -0.397 e. The first-order valence-electron chi connectivity index (χ1n) is 13.5. The zero-order chi connectivity index (χ0) is 26.2. The van der Waals surface area contributed by atoms with Crippen LogP contribution in [0.2, 0.25) is 23.2 Å². The second-order valence-electron chi connectivity index (χ2n) is 9.36. The van der Waals surface area contributed by atoms with Gasteiger partial charge < -0.3 is 26.6 Å². The van der Waals surface area contributed by atoms with Gasteiger partial charge in [-0.1, -0.05) is 96.3 Å². The Hall–Kier alpha value is 0.628. The first-order chi connectivity index (χ1) is 17.0. The fourth-order valence-corrected chi connectivity index (χ4v) is 8.37. The largest absolute Gasteiger partial charge is 0.397 e. The van der Waals surface area contributed by atoms with E-state index >= 15 is 0 Å². The maximum atomic E-state index is 5.40. The third kappa shape index (κ3) is 20.3. The zero-order valence-corrected chi connectivity index (χ0v) is 27.7. The number of unbranched alkanes of at least 4 members (excludes halogenated alkanes) is 9. The summed E-state index contributed by atoms with van der Waals surface area (Å²) in [6, 6.07) is 3.25. The van der Waals surface area contributed by atoms with E-state index in [1.165, 1.54) is 96.3 Å². The van der Waals surface area contributed by atoms with E-state index in [-0.39, 0.29) is 5.04 Å². The molecule has 0 fully saturated rings. The van der Waals surface area contributed by atoms with Crippen LogP contribution < -0.4 is 0 Å². The van der Waals surface area contributed by atoms with Crippen LogP contribution in [0.1, 0.15) is 96.3 Å². The molecule has 0 bridgehead atoms. The molecule has 0 unspecified atom stereocenters. The average Bonchev–Trinajstić information content (AvgIpc) is 2.87. The molecular weight excluding hydrogens is 509 g/mol. The molecule has 0 aliphatic carbocycles. The van der Waals surface area contributed by atoms with E-state index in [2.05, 4.69) is 10.2 Å². The Morgan fingerprint density at radius 1 is 0.400 bits per heavy atom. The second-order valence-corrected chi connectivity index (χ2v) is 16.6. The third-order valence-electron chi connectivity index (χ3n) is 6.72. The van der Waals surface area contributed by atoms with Crippen molar-refractivity contribution in [3.05, 3.63) is 0 Å². The van der Waals surface area contributed by atoms with Crippen molar-refractivity contribution in [1.29, 1.82) is 0 Å². The van der Waals surface area contributed by atoms with Gasteiger partial charge in [-0.05, 0) is 23.2 Å². The van der Waals surface area contributed by atoms with Gasteiger partial charge in [0.05, 0.1) is 0 Å². The van der Waals surface area contributed by atoms with Crippen LogP contribution in [-0.4, -0.2) is 80.8 Å². The summed E-state index contributed by atoms with van der Waals surface area (Å²) in [5.41, 5.74) is 0. The SMILES string of the molecule is CO[Si](CCCCCCC([Si])(CCCCCC[Si](OC)OC)CCCCCC[Si](OC)OC)OC. The summed E-state index contributed by atoms with van der Waals surface area (Å²) >= 11 is 0. The molecule has 0 aliphatic rings. The standard InChI is InChI=1S/C25H54O6Si4/c1-26-33(27-2)22-16-10-7-13-19-25(32,20-14-8-11-17-23-34(28-3)29-4)21-15-9-12-18-24-35(30-5)31-6/h7-24H2,1-6H3. The maximum absolute atomic E-state index is 5.40. The van der Waals surface area contributed by atoms with Gasteiger partial charge in [0.2, 0.25) is 0 Å². The highest BCUT2D eigenvalue weighted by Crippen LogP contribution is 2.41. The lowest BCUT2D eigenvalue weighted by Crippen LogP contribution is -2.18. The zero-order valence-electron chi connectivity index (χ0n) is 23.7. The summed E-state index contributed by atoms with van der Waals surface area (Å²) in [5.74, 6) is 0. The molecule has 0 atom stereocenters. The van der Waals surface area contributed by atoms with Crippen molar-refractivity contribution >= 4 is 38.1 Å². The lowest BCUT2D eigenvalue weighted by atomic mass is 9.88. The van der Waals surface area contributed by atoms with Crippen molar-refractivity contribution in [2.45, 2.75) is 119 Å².